The summed E-state index contributed by atoms with van der Waals surface area (Å²) in [5, 5.41) is 0. The second-order valence-electron chi connectivity index (χ2n) is 9.49. The van der Waals surface area contributed by atoms with Crippen molar-refractivity contribution in [3.05, 3.63) is 57.1 Å². The van der Waals surface area contributed by atoms with E-state index in [1.165, 1.54) is 51.0 Å². The molecule has 190 valence electrons. The molecule has 2 aliphatic carbocycles. The number of hydrogen-bond acceptors (Lipinski definition) is 6. The first-order valence-corrected chi connectivity index (χ1v) is 12.9. The number of halogens is 1. The second-order valence-corrected chi connectivity index (χ2v) is 10.3. The third-order valence-electron chi connectivity index (χ3n) is 5.71. The Morgan fingerprint density at radius 3 is 1.77 bits per heavy atom. The van der Waals surface area contributed by atoms with Crippen molar-refractivity contribution in [1.29, 1.82) is 0 Å². The number of carbonyl (C=O) groups excluding carboxylic acids is 2. The Kier molecular flexibility index (Phi) is 9.22. The molecule has 0 bridgehead atoms. The molecule has 0 heterocycles. The molecule has 35 heavy (non-hydrogen) atoms. The van der Waals surface area contributed by atoms with Gasteiger partial charge in [0, 0.05) is 4.47 Å². The van der Waals surface area contributed by atoms with E-state index >= 15 is 0 Å². The number of methoxy groups -OCH3 is 2. The van der Waals surface area contributed by atoms with Crippen LogP contribution in [0.4, 0.5) is 0 Å². The van der Waals surface area contributed by atoms with Gasteiger partial charge < -0.3 is 18.9 Å². The van der Waals surface area contributed by atoms with E-state index in [0.29, 0.717) is 34.5 Å². The standard InChI is InChI=1S/C14H17BrO3.C14H18O3/c1-8(2)18-13-7-10(9-4-5-9)12(15)6-11(13)14(16)17-3;1-9(2)17-13-8-11(10-4-5-10)6-7-12(13)14(15)16-3/h6-9H,4-5H2,1-3H3;6-10H,4-5H2,1-3H3. The largest absolute Gasteiger partial charge is 0.490 e. The zero-order chi connectivity index (χ0) is 25.7. The number of hydrogen-bond donors (Lipinski definition) is 0. The lowest BCUT2D eigenvalue weighted by molar-refractivity contribution is 0.0584. The van der Waals surface area contributed by atoms with Crippen LogP contribution in [0.5, 0.6) is 11.5 Å². The van der Waals surface area contributed by atoms with Crippen molar-refractivity contribution < 1.29 is 28.5 Å². The Labute approximate surface area is 216 Å². The lowest BCUT2D eigenvalue weighted by atomic mass is 10.1. The first-order chi connectivity index (χ1) is 16.6. The lowest BCUT2D eigenvalue weighted by Gasteiger charge is -2.15. The van der Waals surface area contributed by atoms with E-state index in [0.717, 1.165) is 4.47 Å². The van der Waals surface area contributed by atoms with Gasteiger partial charge in [-0.15, -0.1) is 0 Å². The van der Waals surface area contributed by atoms with Crippen LogP contribution in [0.3, 0.4) is 0 Å². The summed E-state index contributed by atoms with van der Waals surface area (Å²) in [6.45, 7) is 7.79. The highest BCUT2D eigenvalue weighted by Gasteiger charge is 2.28. The van der Waals surface area contributed by atoms with Gasteiger partial charge >= 0.3 is 11.9 Å². The van der Waals surface area contributed by atoms with Crippen molar-refractivity contribution in [2.45, 2.75) is 77.4 Å². The molecule has 0 saturated heterocycles. The van der Waals surface area contributed by atoms with Crippen LogP contribution >= 0.6 is 15.9 Å². The fourth-order valence-electron chi connectivity index (χ4n) is 3.74. The van der Waals surface area contributed by atoms with E-state index < -0.39 is 0 Å². The molecule has 6 nitrogen and oxygen atoms in total. The van der Waals surface area contributed by atoms with Gasteiger partial charge in [0.05, 0.1) is 26.4 Å². The van der Waals surface area contributed by atoms with E-state index in [1.54, 1.807) is 12.1 Å². The predicted molar refractivity (Wildman–Crippen MR) is 139 cm³/mol. The maximum absolute atomic E-state index is 11.7. The molecule has 2 fully saturated rings. The van der Waals surface area contributed by atoms with E-state index in [4.69, 9.17) is 18.9 Å². The Morgan fingerprint density at radius 1 is 0.771 bits per heavy atom. The third-order valence-corrected chi connectivity index (χ3v) is 6.39. The van der Waals surface area contributed by atoms with Gasteiger partial charge in [0.15, 0.2) is 0 Å². The van der Waals surface area contributed by atoms with Crippen molar-refractivity contribution >= 4 is 27.9 Å². The minimum atomic E-state index is -0.367. The topological polar surface area (TPSA) is 71.1 Å². The molecule has 2 aliphatic rings. The third kappa shape index (κ3) is 7.47. The molecule has 0 unspecified atom stereocenters. The van der Waals surface area contributed by atoms with Gasteiger partial charge in [-0.1, -0.05) is 22.0 Å². The summed E-state index contributed by atoms with van der Waals surface area (Å²) in [5.74, 6) is 1.78. The summed E-state index contributed by atoms with van der Waals surface area (Å²) in [6, 6.07) is 9.55. The smallest absolute Gasteiger partial charge is 0.341 e. The average Bonchev–Trinajstić information content (AvgIpc) is 3.71. The molecule has 0 atom stereocenters. The minimum Gasteiger partial charge on any atom is -0.490 e. The zero-order valence-corrected chi connectivity index (χ0v) is 22.9. The number of benzene rings is 2. The zero-order valence-electron chi connectivity index (χ0n) is 21.4. The monoisotopic (exact) mass is 546 g/mol. The highest BCUT2D eigenvalue weighted by molar-refractivity contribution is 9.10. The highest BCUT2D eigenvalue weighted by atomic mass is 79.9. The van der Waals surface area contributed by atoms with E-state index in [-0.39, 0.29) is 24.1 Å². The Balaban J connectivity index is 0.000000196. The summed E-state index contributed by atoms with van der Waals surface area (Å²) in [5.41, 5.74) is 3.46. The summed E-state index contributed by atoms with van der Waals surface area (Å²) >= 11 is 3.52. The van der Waals surface area contributed by atoms with Crippen molar-refractivity contribution in [3.8, 4) is 11.5 Å². The van der Waals surface area contributed by atoms with E-state index in [9.17, 15) is 9.59 Å². The molecule has 0 spiro atoms. The van der Waals surface area contributed by atoms with Gasteiger partial charge in [-0.25, -0.2) is 9.59 Å². The van der Waals surface area contributed by atoms with Crippen LogP contribution < -0.4 is 9.47 Å². The van der Waals surface area contributed by atoms with Crippen LogP contribution in [0, 0.1) is 0 Å². The van der Waals surface area contributed by atoms with Crippen LogP contribution in [0.1, 0.15) is 97.1 Å². The van der Waals surface area contributed by atoms with Gasteiger partial charge in [0.2, 0.25) is 0 Å². The first kappa shape index (κ1) is 27.1. The molecule has 4 rings (SSSR count). The van der Waals surface area contributed by atoms with Crippen LogP contribution in [0.2, 0.25) is 0 Å². The Morgan fingerprint density at radius 2 is 1.29 bits per heavy atom. The molecule has 0 N–H and O–H groups in total. The quantitative estimate of drug-likeness (QED) is 0.330. The summed E-state index contributed by atoms with van der Waals surface area (Å²) in [4.78, 5) is 23.4. The number of rotatable bonds is 8. The first-order valence-electron chi connectivity index (χ1n) is 12.1. The highest BCUT2D eigenvalue weighted by Crippen LogP contribution is 2.45. The molecule has 2 aromatic rings. The fourth-order valence-corrected chi connectivity index (χ4v) is 4.40. The Bertz CT molecular complexity index is 1050. The average molecular weight is 547 g/mol. The summed E-state index contributed by atoms with van der Waals surface area (Å²) < 4.78 is 21.9. The fraction of sp³-hybridized carbons (Fsp3) is 0.500. The minimum absolute atomic E-state index is 0.0293. The van der Waals surface area contributed by atoms with Crippen molar-refractivity contribution in [2.24, 2.45) is 0 Å². The molecule has 0 radical (unpaired) electrons. The maximum atomic E-state index is 11.7. The summed E-state index contributed by atoms with van der Waals surface area (Å²) in [7, 11) is 2.76. The van der Waals surface area contributed by atoms with Crippen molar-refractivity contribution in [2.75, 3.05) is 14.2 Å². The van der Waals surface area contributed by atoms with Gasteiger partial charge in [-0.3, -0.25) is 0 Å². The van der Waals surface area contributed by atoms with Gasteiger partial charge in [-0.2, -0.15) is 0 Å². The molecule has 0 aliphatic heterocycles. The van der Waals surface area contributed by atoms with Crippen molar-refractivity contribution in [3.63, 3.8) is 0 Å². The number of ether oxygens (including phenoxy) is 4. The lowest BCUT2D eigenvalue weighted by Crippen LogP contribution is -2.11. The maximum Gasteiger partial charge on any atom is 0.341 e. The molecular weight excluding hydrogens is 512 g/mol. The van der Waals surface area contributed by atoms with Crippen LogP contribution in [0.15, 0.2) is 34.8 Å². The molecule has 2 aromatic carbocycles. The molecule has 0 amide bonds. The molecule has 2 saturated carbocycles. The summed E-state index contributed by atoms with van der Waals surface area (Å²) in [6.07, 6.45) is 4.96. The van der Waals surface area contributed by atoms with Crippen LogP contribution in [0.25, 0.3) is 0 Å². The molecular formula is C28H35BrO6. The van der Waals surface area contributed by atoms with E-state index in [1.807, 2.05) is 45.9 Å². The van der Waals surface area contributed by atoms with Gasteiger partial charge in [0.25, 0.3) is 0 Å². The predicted octanol–water partition coefficient (Wildman–Crippen LogP) is 7.04. The van der Waals surface area contributed by atoms with Crippen LogP contribution in [-0.4, -0.2) is 38.4 Å². The molecule has 7 heteroatoms. The van der Waals surface area contributed by atoms with Gasteiger partial charge in [0.1, 0.15) is 22.6 Å². The number of carbonyl (C=O) groups is 2. The molecule has 0 aromatic heterocycles. The normalized spacial score (nSPS) is 14.8. The van der Waals surface area contributed by atoms with Crippen LogP contribution in [-0.2, 0) is 9.47 Å². The van der Waals surface area contributed by atoms with Crippen molar-refractivity contribution in [1.82, 2.24) is 0 Å². The number of esters is 2. The van der Waals surface area contributed by atoms with E-state index in [2.05, 4.69) is 15.9 Å². The van der Waals surface area contributed by atoms with Gasteiger partial charge in [-0.05, 0) is 101 Å². The second kappa shape index (κ2) is 11.9. The Hall–Kier alpha value is -2.54. The SMILES string of the molecule is COC(=O)c1cc(Br)c(C2CC2)cc1OC(C)C.COC(=O)c1ccc(C2CC2)cc1OC(C)C.